The summed E-state index contributed by atoms with van der Waals surface area (Å²) in [5.74, 6) is 0. The smallest absolute Gasteiger partial charge is 0.207 e. The van der Waals surface area contributed by atoms with Crippen molar-refractivity contribution in [1.82, 2.24) is 5.32 Å². The van der Waals surface area contributed by atoms with Gasteiger partial charge in [-0.1, -0.05) is 35.3 Å². The van der Waals surface area contributed by atoms with E-state index >= 15 is 0 Å². The van der Waals surface area contributed by atoms with Crippen LogP contribution in [0, 0.1) is 18.3 Å². The molecule has 1 heterocycles. The van der Waals surface area contributed by atoms with Gasteiger partial charge in [-0.2, -0.15) is 5.26 Å². The van der Waals surface area contributed by atoms with Crippen LogP contribution in [0.1, 0.15) is 11.1 Å². The van der Waals surface area contributed by atoms with Gasteiger partial charge in [0, 0.05) is 5.02 Å². The van der Waals surface area contributed by atoms with Crippen LogP contribution in [0.3, 0.4) is 0 Å². The molecule has 2 rings (SSSR count). The number of benzene rings is 1. The minimum absolute atomic E-state index is 0. The van der Waals surface area contributed by atoms with Gasteiger partial charge >= 0.3 is 0 Å². The van der Waals surface area contributed by atoms with Crippen LogP contribution in [0.2, 0.25) is 5.02 Å². The highest BCUT2D eigenvalue weighted by atomic mass is 35.5. The molecule has 6 heteroatoms. The highest BCUT2D eigenvalue weighted by Crippen LogP contribution is 2.35. The molecule has 0 saturated heterocycles. The van der Waals surface area contributed by atoms with Gasteiger partial charge in [0.15, 0.2) is 0 Å². The number of halogens is 2. The molecule has 17 heavy (non-hydrogen) atoms. The third-order valence-corrected chi connectivity index (χ3v) is 3.49. The molecule has 1 aromatic carbocycles. The zero-order chi connectivity index (χ0) is 11.8. The monoisotopic (exact) mass is 271 g/mol. The van der Waals surface area contributed by atoms with Gasteiger partial charge in [0.25, 0.3) is 0 Å². The molecule has 1 aromatic rings. The molecule has 4 nitrogen and oxygen atoms in total. The van der Waals surface area contributed by atoms with E-state index in [0.29, 0.717) is 10.6 Å². The summed E-state index contributed by atoms with van der Waals surface area (Å²) in [5, 5.41) is 12.7. The fourth-order valence-electron chi connectivity index (χ4n) is 1.59. The highest BCUT2D eigenvalue weighted by molar-refractivity contribution is 6.31. The van der Waals surface area contributed by atoms with Crippen molar-refractivity contribution in [1.29, 1.82) is 5.26 Å². The second-order valence-electron chi connectivity index (χ2n) is 3.63. The average Bonchev–Trinajstić information content (AvgIpc) is 2.65. The van der Waals surface area contributed by atoms with Gasteiger partial charge in [-0.05, 0) is 24.1 Å². The maximum atomic E-state index is 9.27. The van der Waals surface area contributed by atoms with Crippen LogP contribution in [0.5, 0.6) is 0 Å². The molecule has 90 valence electrons. The number of alkyl halides is 1. The maximum Gasteiger partial charge on any atom is 0.207 e. The first-order valence-corrected chi connectivity index (χ1v) is 5.53. The fourth-order valence-corrected chi connectivity index (χ4v) is 2.06. The minimum Gasteiger partial charge on any atom is -0.412 e. The first-order valence-electron chi connectivity index (χ1n) is 4.72. The van der Waals surface area contributed by atoms with Gasteiger partial charge in [0.1, 0.15) is 11.6 Å². The van der Waals surface area contributed by atoms with Crippen LogP contribution in [-0.4, -0.2) is 17.3 Å². The molecule has 0 radical (unpaired) electrons. The lowest BCUT2D eigenvalue weighted by atomic mass is 9.92. The Labute approximate surface area is 109 Å². The number of hydrogen-bond acceptors (Lipinski definition) is 3. The summed E-state index contributed by atoms with van der Waals surface area (Å²) in [6.45, 7) is 1.90. The van der Waals surface area contributed by atoms with Crippen molar-refractivity contribution in [2.75, 3.05) is 0 Å². The van der Waals surface area contributed by atoms with Gasteiger partial charge in [-0.3, -0.25) is 0 Å². The van der Waals surface area contributed by atoms with E-state index in [1.54, 1.807) is 6.07 Å². The predicted octanol–water partition coefficient (Wildman–Crippen LogP) is 1.74. The number of nitriles is 1. The van der Waals surface area contributed by atoms with Crippen LogP contribution in [0.15, 0.2) is 23.2 Å². The Balaban J connectivity index is 0.00000144. The van der Waals surface area contributed by atoms with Gasteiger partial charge in [0.2, 0.25) is 5.54 Å². The van der Waals surface area contributed by atoms with E-state index in [-0.39, 0.29) is 5.48 Å². The van der Waals surface area contributed by atoms with Gasteiger partial charge in [-0.25, -0.2) is 4.99 Å². The van der Waals surface area contributed by atoms with E-state index in [2.05, 4.69) is 16.4 Å². The Hall–Kier alpha value is -1.28. The maximum absolute atomic E-state index is 9.27. The number of aliphatic imine (C=N–C) groups is 1. The van der Waals surface area contributed by atoms with E-state index < -0.39 is 11.0 Å². The van der Waals surface area contributed by atoms with Crippen molar-refractivity contribution in [3.05, 3.63) is 34.3 Å². The lowest BCUT2D eigenvalue weighted by Crippen LogP contribution is -2.35. The van der Waals surface area contributed by atoms with Crippen molar-refractivity contribution in [2.24, 2.45) is 4.99 Å². The summed E-state index contributed by atoms with van der Waals surface area (Å²) in [7, 11) is 0. The molecule has 1 aliphatic heterocycles. The third kappa shape index (κ3) is 2.09. The zero-order valence-electron chi connectivity index (χ0n) is 9.04. The van der Waals surface area contributed by atoms with Gasteiger partial charge in [0.05, 0.1) is 6.34 Å². The third-order valence-electron chi connectivity index (χ3n) is 2.64. The summed E-state index contributed by atoms with van der Waals surface area (Å²) in [5.41, 5.74) is 0.00139. The van der Waals surface area contributed by atoms with Crippen LogP contribution in [0.25, 0.3) is 0 Å². The van der Waals surface area contributed by atoms with Crippen LogP contribution >= 0.6 is 23.2 Å². The van der Waals surface area contributed by atoms with E-state index in [9.17, 15) is 5.26 Å². The predicted molar refractivity (Wildman–Crippen MR) is 68.4 cm³/mol. The zero-order valence-corrected chi connectivity index (χ0v) is 10.5. The Morgan fingerprint density at radius 2 is 2.24 bits per heavy atom. The molecule has 0 amide bonds. The Kier molecular flexibility index (Phi) is 3.99. The fraction of sp³-hybridized carbons (Fsp3) is 0.273. The summed E-state index contributed by atoms with van der Waals surface area (Å²) in [6, 6.07) is 7.55. The van der Waals surface area contributed by atoms with Crippen LogP contribution in [0.4, 0.5) is 0 Å². The first-order chi connectivity index (χ1) is 7.60. The average molecular weight is 272 g/mol. The lowest BCUT2D eigenvalue weighted by molar-refractivity contribution is 0.562. The van der Waals surface area contributed by atoms with E-state index in [1.165, 1.54) is 6.34 Å². The Bertz CT molecular complexity index is 498. The molecule has 0 bridgehead atoms. The van der Waals surface area contributed by atoms with Crippen molar-refractivity contribution in [2.45, 2.75) is 18.0 Å². The summed E-state index contributed by atoms with van der Waals surface area (Å²) >= 11 is 12.1. The van der Waals surface area contributed by atoms with Crippen molar-refractivity contribution < 1.29 is 5.48 Å². The van der Waals surface area contributed by atoms with Crippen molar-refractivity contribution in [3.63, 3.8) is 0 Å². The molecule has 0 aromatic heterocycles. The number of rotatable bonds is 1. The summed E-state index contributed by atoms with van der Waals surface area (Å²) in [4.78, 5) is 4.12. The summed E-state index contributed by atoms with van der Waals surface area (Å²) < 4.78 is 0. The lowest BCUT2D eigenvalue weighted by Gasteiger charge is -2.22. The number of nitrogens with one attached hydrogen (secondary N) is 1. The number of nitrogens with zero attached hydrogens (tertiary/aromatic N) is 2. The first kappa shape index (κ1) is 13.8. The highest BCUT2D eigenvalue weighted by Gasteiger charge is 2.42. The van der Waals surface area contributed by atoms with Gasteiger partial charge in [-0.15, -0.1) is 0 Å². The molecule has 0 saturated carbocycles. The second-order valence-corrected chi connectivity index (χ2v) is 4.47. The largest absolute Gasteiger partial charge is 0.412 e. The van der Waals surface area contributed by atoms with Gasteiger partial charge < -0.3 is 10.8 Å². The van der Waals surface area contributed by atoms with Crippen molar-refractivity contribution in [3.8, 4) is 6.07 Å². The summed E-state index contributed by atoms with van der Waals surface area (Å²) in [6.07, 6.45) is 1.45. The normalized spacial score (nSPS) is 25.9. The Morgan fingerprint density at radius 1 is 1.53 bits per heavy atom. The molecule has 3 N–H and O–H groups in total. The molecular weight excluding hydrogens is 261 g/mol. The topological polar surface area (TPSA) is 79.7 Å². The molecular formula is C11H11Cl2N3O. The minimum atomic E-state index is -1.08. The molecule has 0 spiro atoms. The standard InChI is InChI=1S/C11H9Cl2N3.H2O/c1-7-2-3-8(4-9(7)12)11(5-14)10(13)15-6-16-11;/h2-4,6,10H,1H3,(H,15,16);1H2. The van der Waals surface area contributed by atoms with Crippen LogP contribution < -0.4 is 5.32 Å². The number of aryl methyl sites for hydroxylation is 1. The van der Waals surface area contributed by atoms with E-state index in [0.717, 1.165) is 5.56 Å². The van der Waals surface area contributed by atoms with E-state index in [4.69, 9.17) is 23.2 Å². The molecule has 2 unspecified atom stereocenters. The molecule has 2 atom stereocenters. The van der Waals surface area contributed by atoms with Crippen LogP contribution in [-0.2, 0) is 5.54 Å². The van der Waals surface area contributed by atoms with Crippen molar-refractivity contribution >= 4 is 29.5 Å². The molecule has 0 aliphatic carbocycles. The number of hydrogen-bond donors (Lipinski definition) is 1. The Morgan fingerprint density at radius 3 is 2.71 bits per heavy atom. The SMILES string of the molecule is Cc1ccc(C2(C#N)N=CNC2Cl)cc1Cl.O. The second kappa shape index (κ2) is 4.92. The quantitative estimate of drug-likeness (QED) is 0.624. The molecule has 1 aliphatic rings. The molecule has 0 fully saturated rings. The van der Waals surface area contributed by atoms with E-state index in [1.807, 2.05) is 19.1 Å².